The molecule has 0 amide bonds. The van der Waals surface area contributed by atoms with Crippen LogP contribution >= 0.6 is 0 Å². The SMILES string of the molecule is CC(C)c1noc([C@]23CCC[C@H]2CN(c2nnnn2C)C3)n1. The largest absolute Gasteiger partial charge is 0.339 e. The third-order valence-corrected chi connectivity index (χ3v) is 5.14. The quantitative estimate of drug-likeness (QED) is 0.844. The first-order valence-corrected chi connectivity index (χ1v) is 7.91. The van der Waals surface area contributed by atoms with E-state index in [1.165, 1.54) is 12.8 Å². The zero-order valence-corrected chi connectivity index (χ0v) is 13.2. The average Bonchev–Trinajstić information content (AvgIpc) is 3.19. The van der Waals surface area contributed by atoms with Crippen LogP contribution in [0.3, 0.4) is 0 Å². The van der Waals surface area contributed by atoms with Gasteiger partial charge in [0.2, 0.25) is 11.8 Å². The molecule has 2 aromatic rings. The van der Waals surface area contributed by atoms with Crippen molar-refractivity contribution in [2.75, 3.05) is 18.0 Å². The van der Waals surface area contributed by atoms with Crippen LogP contribution in [0.15, 0.2) is 4.52 Å². The summed E-state index contributed by atoms with van der Waals surface area (Å²) < 4.78 is 7.39. The van der Waals surface area contributed by atoms with Crippen molar-refractivity contribution in [3.8, 4) is 0 Å². The van der Waals surface area contributed by atoms with Crippen LogP contribution in [0, 0.1) is 5.92 Å². The molecule has 1 saturated carbocycles. The summed E-state index contributed by atoms with van der Waals surface area (Å²) in [4.78, 5) is 6.95. The van der Waals surface area contributed by atoms with E-state index in [1.54, 1.807) is 4.68 Å². The van der Waals surface area contributed by atoms with E-state index >= 15 is 0 Å². The molecular weight excluding hydrogens is 282 g/mol. The Balaban J connectivity index is 1.68. The highest BCUT2D eigenvalue weighted by molar-refractivity contribution is 5.37. The summed E-state index contributed by atoms with van der Waals surface area (Å²) in [7, 11) is 1.87. The summed E-state index contributed by atoms with van der Waals surface area (Å²) in [5, 5.41) is 16.0. The van der Waals surface area contributed by atoms with Gasteiger partial charge < -0.3 is 9.42 Å². The Hall–Kier alpha value is -1.99. The molecule has 4 rings (SSSR count). The minimum Gasteiger partial charge on any atom is -0.339 e. The number of hydrogen-bond acceptors (Lipinski definition) is 7. The molecule has 0 radical (unpaired) electrons. The first-order chi connectivity index (χ1) is 10.6. The molecule has 0 aromatic carbocycles. The standard InChI is InChI=1S/C14H21N7O/c1-9(2)11-15-12(22-17-11)14-6-4-5-10(14)7-21(8-14)13-16-18-19-20(13)3/h9-10H,4-8H2,1-3H3/t10-,14-/m0/s1. The van der Waals surface area contributed by atoms with Crippen molar-refractivity contribution in [3.63, 3.8) is 0 Å². The number of tetrazole rings is 1. The van der Waals surface area contributed by atoms with Gasteiger partial charge in [0.1, 0.15) is 0 Å². The molecule has 2 fully saturated rings. The highest BCUT2D eigenvalue weighted by atomic mass is 16.5. The van der Waals surface area contributed by atoms with Gasteiger partial charge in [-0.3, -0.25) is 0 Å². The lowest BCUT2D eigenvalue weighted by Crippen LogP contribution is -2.33. The number of aryl methyl sites for hydroxylation is 1. The molecule has 0 bridgehead atoms. The minimum atomic E-state index is -0.0356. The number of rotatable bonds is 3. The van der Waals surface area contributed by atoms with Crippen LogP contribution in [0.1, 0.15) is 50.7 Å². The van der Waals surface area contributed by atoms with Gasteiger partial charge >= 0.3 is 0 Å². The van der Waals surface area contributed by atoms with E-state index in [1.807, 2.05) is 7.05 Å². The van der Waals surface area contributed by atoms with Crippen molar-refractivity contribution in [1.82, 2.24) is 30.3 Å². The van der Waals surface area contributed by atoms with E-state index in [2.05, 4.69) is 39.4 Å². The molecule has 0 N–H and O–H groups in total. The van der Waals surface area contributed by atoms with Gasteiger partial charge in [-0.1, -0.05) is 30.5 Å². The average molecular weight is 303 g/mol. The highest BCUT2D eigenvalue weighted by Crippen LogP contribution is 2.50. The number of hydrogen-bond donors (Lipinski definition) is 0. The summed E-state index contributed by atoms with van der Waals surface area (Å²) >= 11 is 0. The molecule has 8 heteroatoms. The van der Waals surface area contributed by atoms with Crippen molar-refractivity contribution in [1.29, 1.82) is 0 Å². The highest BCUT2D eigenvalue weighted by Gasteiger charge is 2.55. The fourth-order valence-corrected chi connectivity index (χ4v) is 3.96. The Morgan fingerprint density at radius 2 is 2.23 bits per heavy atom. The number of nitrogens with zero attached hydrogens (tertiary/aromatic N) is 7. The summed E-state index contributed by atoms with van der Waals surface area (Å²) in [6.45, 7) is 5.98. The monoisotopic (exact) mass is 303 g/mol. The number of anilines is 1. The predicted octanol–water partition coefficient (Wildman–Crippen LogP) is 1.27. The molecule has 22 heavy (non-hydrogen) atoms. The first-order valence-electron chi connectivity index (χ1n) is 7.91. The lowest BCUT2D eigenvalue weighted by molar-refractivity contribution is 0.264. The number of aromatic nitrogens is 6. The molecule has 1 saturated heterocycles. The normalized spacial score (nSPS) is 27.8. The van der Waals surface area contributed by atoms with Crippen LogP contribution in [-0.4, -0.2) is 43.4 Å². The molecular formula is C14H21N7O. The predicted molar refractivity (Wildman–Crippen MR) is 78.4 cm³/mol. The maximum absolute atomic E-state index is 5.66. The smallest absolute Gasteiger partial charge is 0.245 e. The molecule has 2 aromatic heterocycles. The van der Waals surface area contributed by atoms with Crippen LogP contribution in [-0.2, 0) is 12.5 Å². The van der Waals surface area contributed by atoms with Gasteiger partial charge in [-0.2, -0.15) is 4.98 Å². The maximum atomic E-state index is 5.66. The third-order valence-electron chi connectivity index (χ3n) is 5.14. The Morgan fingerprint density at radius 3 is 2.91 bits per heavy atom. The second-order valence-corrected chi connectivity index (χ2v) is 6.84. The van der Waals surface area contributed by atoms with Gasteiger partial charge in [0, 0.05) is 26.1 Å². The lowest BCUT2D eigenvalue weighted by Gasteiger charge is -2.24. The second kappa shape index (κ2) is 4.76. The summed E-state index contributed by atoms with van der Waals surface area (Å²) in [6, 6.07) is 0. The first kappa shape index (κ1) is 13.7. The van der Waals surface area contributed by atoms with Crippen molar-refractivity contribution in [3.05, 3.63) is 11.7 Å². The topological polar surface area (TPSA) is 85.8 Å². The van der Waals surface area contributed by atoms with Gasteiger partial charge in [-0.15, -0.1) is 0 Å². The Morgan fingerprint density at radius 1 is 1.36 bits per heavy atom. The third kappa shape index (κ3) is 1.85. The zero-order chi connectivity index (χ0) is 15.3. The van der Waals surface area contributed by atoms with Gasteiger partial charge in [0.15, 0.2) is 5.82 Å². The Labute approximate surface area is 128 Å². The lowest BCUT2D eigenvalue weighted by atomic mass is 9.80. The van der Waals surface area contributed by atoms with Crippen LogP contribution in [0.25, 0.3) is 0 Å². The molecule has 2 aliphatic rings. The molecule has 0 spiro atoms. The second-order valence-electron chi connectivity index (χ2n) is 6.84. The maximum Gasteiger partial charge on any atom is 0.245 e. The van der Waals surface area contributed by atoms with E-state index < -0.39 is 0 Å². The van der Waals surface area contributed by atoms with Gasteiger partial charge in [0.05, 0.1) is 5.41 Å². The van der Waals surface area contributed by atoms with E-state index in [-0.39, 0.29) is 11.3 Å². The van der Waals surface area contributed by atoms with Crippen LogP contribution in [0.5, 0.6) is 0 Å². The number of fused-ring (bicyclic) bond motifs is 1. The Bertz CT molecular complexity index is 678. The van der Waals surface area contributed by atoms with Crippen molar-refractivity contribution in [2.45, 2.75) is 44.4 Å². The van der Waals surface area contributed by atoms with Crippen molar-refractivity contribution in [2.24, 2.45) is 13.0 Å². The van der Waals surface area contributed by atoms with Crippen LogP contribution in [0.4, 0.5) is 5.95 Å². The van der Waals surface area contributed by atoms with E-state index in [9.17, 15) is 0 Å². The Kier molecular flexibility index (Phi) is 2.95. The van der Waals surface area contributed by atoms with Crippen LogP contribution < -0.4 is 4.90 Å². The molecule has 2 atom stereocenters. The van der Waals surface area contributed by atoms with E-state index in [0.29, 0.717) is 5.92 Å². The molecule has 0 unspecified atom stereocenters. The van der Waals surface area contributed by atoms with Gasteiger partial charge in [-0.25, -0.2) is 4.68 Å². The van der Waals surface area contributed by atoms with Gasteiger partial charge in [-0.05, 0) is 29.2 Å². The van der Waals surface area contributed by atoms with E-state index in [0.717, 1.165) is 37.2 Å². The summed E-state index contributed by atoms with van der Waals surface area (Å²) in [6.07, 6.45) is 3.51. The molecule has 3 heterocycles. The van der Waals surface area contributed by atoms with Crippen molar-refractivity contribution < 1.29 is 4.52 Å². The van der Waals surface area contributed by atoms with Crippen molar-refractivity contribution >= 4 is 5.95 Å². The van der Waals surface area contributed by atoms with Gasteiger partial charge in [0.25, 0.3) is 0 Å². The summed E-state index contributed by atoms with van der Waals surface area (Å²) in [5.41, 5.74) is -0.0356. The molecule has 1 aliphatic heterocycles. The summed E-state index contributed by atoms with van der Waals surface area (Å²) in [5.74, 6) is 3.24. The fourth-order valence-electron chi connectivity index (χ4n) is 3.96. The zero-order valence-electron chi connectivity index (χ0n) is 13.2. The fraction of sp³-hybridized carbons (Fsp3) is 0.786. The molecule has 1 aliphatic carbocycles. The minimum absolute atomic E-state index is 0.0356. The molecule has 118 valence electrons. The van der Waals surface area contributed by atoms with Crippen LogP contribution in [0.2, 0.25) is 0 Å². The van der Waals surface area contributed by atoms with E-state index in [4.69, 9.17) is 9.51 Å². The molecule has 8 nitrogen and oxygen atoms in total.